The van der Waals surface area contributed by atoms with Gasteiger partial charge in [-0.2, -0.15) is 0 Å². The Labute approximate surface area is 164 Å². The van der Waals surface area contributed by atoms with E-state index in [1.54, 1.807) is 11.8 Å². The molecule has 0 bridgehead atoms. The van der Waals surface area contributed by atoms with Crippen molar-refractivity contribution in [3.05, 3.63) is 47.2 Å². The molecular formula is C21H25N3O4. The Bertz CT molecular complexity index is 872. The van der Waals surface area contributed by atoms with Crippen LogP contribution in [0.5, 0.6) is 5.75 Å². The summed E-state index contributed by atoms with van der Waals surface area (Å²) in [4.78, 5) is 30.5. The summed E-state index contributed by atoms with van der Waals surface area (Å²) in [6, 6.07) is 5.95. The van der Waals surface area contributed by atoms with Crippen LogP contribution >= 0.6 is 0 Å². The fourth-order valence-electron chi connectivity index (χ4n) is 3.35. The van der Waals surface area contributed by atoms with E-state index in [1.165, 1.54) is 19.2 Å². The molecule has 1 aromatic heterocycles. The molecule has 148 valence electrons. The Morgan fingerprint density at radius 3 is 2.93 bits per heavy atom. The first-order valence-corrected chi connectivity index (χ1v) is 9.81. The minimum Gasteiger partial charge on any atom is -0.491 e. The number of carbonyl (C=O) groups excluding carboxylic acids is 2. The van der Waals surface area contributed by atoms with E-state index < -0.39 is 0 Å². The highest BCUT2D eigenvalue weighted by molar-refractivity contribution is 5.92. The summed E-state index contributed by atoms with van der Waals surface area (Å²) in [5, 5.41) is 3.00. The minimum absolute atomic E-state index is 0.0932. The first kappa shape index (κ1) is 18.5. The van der Waals surface area contributed by atoms with Gasteiger partial charge < -0.3 is 19.4 Å². The van der Waals surface area contributed by atoms with Gasteiger partial charge in [-0.05, 0) is 43.7 Å². The minimum atomic E-state index is -0.184. The Morgan fingerprint density at radius 2 is 2.18 bits per heavy atom. The number of rotatable bonds is 6. The van der Waals surface area contributed by atoms with Gasteiger partial charge in [0.15, 0.2) is 6.39 Å². The van der Waals surface area contributed by atoms with E-state index >= 15 is 0 Å². The number of ether oxygens (including phenoxy) is 1. The van der Waals surface area contributed by atoms with E-state index in [0.29, 0.717) is 44.1 Å². The van der Waals surface area contributed by atoms with E-state index in [0.717, 1.165) is 23.4 Å². The lowest BCUT2D eigenvalue weighted by molar-refractivity contribution is -0.121. The molecule has 2 heterocycles. The molecule has 2 aromatic rings. The smallest absolute Gasteiger partial charge is 0.291 e. The molecule has 2 aliphatic rings. The molecule has 1 saturated carbocycles. The molecule has 4 rings (SSSR count). The van der Waals surface area contributed by atoms with E-state index in [9.17, 15) is 9.59 Å². The third-order valence-corrected chi connectivity index (χ3v) is 5.26. The molecule has 1 aliphatic carbocycles. The monoisotopic (exact) mass is 383 g/mol. The number of hydrogen-bond acceptors (Lipinski definition) is 5. The fraction of sp³-hybridized carbons (Fsp3) is 0.476. The Kier molecular flexibility index (Phi) is 5.32. The number of nitrogens with one attached hydrogen (secondary N) is 1. The van der Waals surface area contributed by atoms with Crippen LogP contribution in [0.4, 0.5) is 0 Å². The first-order valence-electron chi connectivity index (χ1n) is 9.81. The molecule has 0 spiro atoms. The summed E-state index contributed by atoms with van der Waals surface area (Å²) in [7, 11) is 0. The van der Waals surface area contributed by atoms with E-state index in [2.05, 4.69) is 10.3 Å². The second-order valence-corrected chi connectivity index (χ2v) is 7.53. The zero-order valence-corrected chi connectivity index (χ0v) is 16.1. The number of aromatic nitrogens is 1. The predicted molar refractivity (Wildman–Crippen MR) is 102 cm³/mol. The zero-order valence-electron chi connectivity index (χ0n) is 16.1. The van der Waals surface area contributed by atoms with Gasteiger partial charge in [0, 0.05) is 25.1 Å². The van der Waals surface area contributed by atoms with Crippen LogP contribution in [-0.2, 0) is 17.8 Å². The summed E-state index contributed by atoms with van der Waals surface area (Å²) in [5.74, 6) is 1.65. The number of oxazole rings is 1. The first-order chi connectivity index (χ1) is 13.6. The lowest BCUT2D eigenvalue weighted by Gasteiger charge is -2.18. The second-order valence-electron chi connectivity index (χ2n) is 7.53. The van der Waals surface area contributed by atoms with Crippen molar-refractivity contribution in [2.45, 2.75) is 39.2 Å². The van der Waals surface area contributed by atoms with Crippen LogP contribution in [0.3, 0.4) is 0 Å². The molecule has 7 heteroatoms. The van der Waals surface area contributed by atoms with Gasteiger partial charge in [-0.15, -0.1) is 0 Å². The third kappa shape index (κ3) is 4.35. The summed E-state index contributed by atoms with van der Waals surface area (Å²) >= 11 is 0. The van der Waals surface area contributed by atoms with Crippen LogP contribution in [0.1, 0.15) is 46.6 Å². The topological polar surface area (TPSA) is 84.7 Å². The van der Waals surface area contributed by atoms with Crippen LogP contribution in [0, 0.1) is 12.8 Å². The standard InChI is InChI=1S/C21H25N3O4/c1-14-20(28-13-23-14)21(26)24-8-9-27-18-6-4-15(10-17(18)12-24)5-7-19(25)22-11-16-2-3-16/h4,6,10,13,16H,2-3,5,7-9,11-12H2,1H3,(H,22,25). The van der Waals surface area contributed by atoms with Crippen molar-refractivity contribution in [3.8, 4) is 5.75 Å². The van der Waals surface area contributed by atoms with E-state index in [-0.39, 0.29) is 17.6 Å². The number of fused-ring (bicyclic) bond motifs is 1. The summed E-state index contributed by atoms with van der Waals surface area (Å²) in [5.41, 5.74) is 2.59. The molecule has 0 radical (unpaired) electrons. The van der Waals surface area contributed by atoms with Gasteiger partial charge in [-0.25, -0.2) is 4.98 Å². The van der Waals surface area contributed by atoms with Crippen LogP contribution in [-0.4, -0.2) is 41.4 Å². The summed E-state index contributed by atoms with van der Waals surface area (Å²) < 4.78 is 11.1. The van der Waals surface area contributed by atoms with Gasteiger partial charge >= 0.3 is 0 Å². The fourth-order valence-corrected chi connectivity index (χ4v) is 3.35. The number of benzene rings is 1. The van der Waals surface area contributed by atoms with Gasteiger partial charge in [-0.3, -0.25) is 9.59 Å². The largest absolute Gasteiger partial charge is 0.491 e. The van der Waals surface area contributed by atoms with Gasteiger partial charge in [0.2, 0.25) is 11.7 Å². The van der Waals surface area contributed by atoms with E-state index in [1.807, 2.05) is 18.2 Å². The molecule has 1 fully saturated rings. The Hall–Kier alpha value is -2.83. The maximum absolute atomic E-state index is 12.8. The lowest BCUT2D eigenvalue weighted by atomic mass is 10.0. The van der Waals surface area contributed by atoms with Crippen LogP contribution in [0.2, 0.25) is 0 Å². The molecule has 7 nitrogen and oxygen atoms in total. The molecule has 0 unspecified atom stereocenters. The number of nitrogens with zero attached hydrogens (tertiary/aromatic N) is 2. The van der Waals surface area contributed by atoms with Crippen LogP contribution in [0.15, 0.2) is 29.0 Å². The number of aryl methyl sites for hydroxylation is 2. The Morgan fingerprint density at radius 1 is 1.32 bits per heavy atom. The molecule has 2 amide bonds. The van der Waals surface area contributed by atoms with Gasteiger partial charge in [-0.1, -0.05) is 12.1 Å². The van der Waals surface area contributed by atoms with Crippen molar-refractivity contribution in [1.29, 1.82) is 0 Å². The Balaban J connectivity index is 1.40. The highest BCUT2D eigenvalue weighted by atomic mass is 16.5. The molecule has 1 N–H and O–H groups in total. The highest BCUT2D eigenvalue weighted by Crippen LogP contribution is 2.28. The van der Waals surface area contributed by atoms with Crippen molar-refractivity contribution < 1.29 is 18.7 Å². The number of carbonyl (C=O) groups is 2. The number of hydrogen-bond donors (Lipinski definition) is 1. The average Bonchev–Trinajstić information content (AvgIpc) is 3.46. The van der Waals surface area contributed by atoms with Crippen molar-refractivity contribution in [2.75, 3.05) is 19.7 Å². The van der Waals surface area contributed by atoms with Gasteiger partial charge in [0.25, 0.3) is 5.91 Å². The van der Waals surface area contributed by atoms with Gasteiger partial charge in [0.05, 0.1) is 12.2 Å². The average molecular weight is 383 g/mol. The summed E-state index contributed by atoms with van der Waals surface area (Å²) in [6.07, 6.45) is 4.88. The zero-order chi connectivity index (χ0) is 19.5. The van der Waals surface area contributed by atoms with Gasteiger partial charge in [0.1, 0.15) is 12.4 Å². The SMILES string of the molecule is Cc1ncoc1C(=O)N1CCOc2ccc(CCC(=O)NCC3CC3)cc2C1. The van der Waals surface area contributed by atoms with Crippen molar-refractivity contribution >= 4 is 11.8 Å². The van der Waals surface area contributed by atoms with Crippen LogP contribution in [0.25, 0.3) is 0 Å². The molecule has 0 atom stereocenters. The predicted octanol–water partition coefficient (Wildman–Crippen LogP) is 2.48. The molecule has 1 aliphatic heterocycles. The van der Waals surface area contributed by atoms with Crippen molar-refractivity contribution in [2.24, 2.45) is 5.92 Å². The molecule has 28 heavy (non-hydrogen) atoms. The highest BCUT2D eigenvalue weighted by Gasteiger charge is 2.25. The van der Waals surface area contributed by atoms with E-state index in [4.69, 9.17) is 9.15 Å². The normalized spacial score (nSPS) is 16.1. The molecule has 0 saturated heterocycles. The van der Waals surface area contributed by atoms with Crippen molar-refractivity contribution in [3.63, 3.8) is 0 Å². The summed E-state index contributed by atoms with van der Waals surface area (Å²) in [6.45, 7) is 3.90. The molecular weight excluding hydrogens is 358 g/mol. The third-order valence-electron chi connectivity index (χ3n) is 5.26. The second kappa shape index (κ2) is 8.04. The van der Waals surface area contributed by atoms with Crippen molar-refractivity contribution in [1.82, 2.24) is 15.2 Å². The maximum Gasteiger partial charge on any atom is 0.291 e. The number of amides is 2. The quantitative estimate of drug-likeness (QED) is 0.828. The molecule has 1 aromatic carbocycles. The lowest BCUT2D eigenvalue weighted by Crippen LogP contribution is -2.32. The maximum atomic E-state index is 12.8. The van der Waals surface area contributed by atoms with Crippen LogP contribution < -0.4 is 10.1 Å².